The molecule has 0 spiro atoms. The first kappa shape index (κ1) is 21.7. The lowest BCUT2D eigenvalue weighted by Gasteiger charge is -2.39. The SMILES string of the molecule is COc1ccc(CNCC[C@@H](c2ccccc2)[C@H]2CCOC(C)(C)C2)cc1OC. The van der Waals surface area contributed by atoms with Crippen LogP contribution >= 0.6 is 0 Å². The van der Waals surface area contributed by atoms with Gasteiger partial charge in [0, 0.05) is 13.2 Å². The minimum absolute atomic E-state index is 0.0248. The Hall–Kier alpha value is -2.04. The molecule has 2 aromatic carbocycles. The third-order valence-electron chi connectivity index (χ3n) is 5.94. The number of methoxy groups -OCH3 is 2. The highest BCUT2D eigenvalue weighted by Gasteiger charge is 2.33. The minimum Gasteiger partial charge on any atom is -0.493 e. The van der Waals surface area contributed by atoms with E-state index in [0.717, 1.165) is 50.5 Å². The van der Waals surface area contributed by atoms with Crippen LogP contribution in [0.3, 0.4) is 0 Å². The van der Waals surface area contributed by atoms with Gasteiger partial charge in [0.25, 0.3) is 0 Å². The summed E-state index contributed by atoms with van der Waals surface area (Å²) in [5, 5.41) is 3.62. The van der Waals surface area contributed by atoms with Crippen LogP contribution in [0.25, 0.3) is 0 Å². The number of rotatable bonds is 9. The summed E-state index contributed by atoms with van der Waals surface area (Å²) in [5.74, 6) is 2.75. The number of hydrogen-bond acceptors (Lipinski definition) is 4. The van der Waals surface area contributed by atoms with E-state index in [1.807, 2.05) is 12.1 Å². The lowest BCUT2D eigenvalue weighted by Crippen LogP contribution is -2.36. The lowest BCUT2D eigenvalue weighted by atomic mass is 9.75. The Morgan fingerprint density at radius 3 is 2.52 bits per heavy atom. The summed E-state index contributed by atoms with van der Waals surface area (Å²) in [6.07, 6.45) is 3.37. The van der Waals surface area contributed by atoms with Crippen LogP contribution in [-0.4, -0.2) is 33.0 Å². The molecule has 0 bridgehead atoms. The molecule has 0 amide bonds. The summed E-state index contributed by atoms with van der Waals surface area (Å²) >= 11 is 0. The van der Waals surface area contributed by atoms with Crippen molar-refractivity contribution in [3.05, 3.63) is 59.7 Å². The van der Waals surface area contributed by atoms with Crippen molar-refractivity contribution in [2.24, 2.45) is 5.92 Å². The maximum atomic E-state index is 5.97. The Bertz CT molecular complexity index is 760. The van der Waals surface area contributed by atoms with Crippen molar-refractivity contribution >= 4 is 0 Å². The van der Waals surface area contributed by atoms with Crippen molar-refractivity contribution in [2.45, 2.75) is 51.2 Å². The van der Waals surface area contributed by atoms with Crippen molar-refractivity contribution in [1.29, 1.82) is 0 Å². The number of nitrogens with one attached hydrogen (secondary N) is 1. The smallest absolute Gasteiger partial charge is 0.161 e. The average Bonchev–Trinajstić information content (AvgIpc) is 2.73. The Morgan fingerprint density at radius 1 is 1.07 bits per heavy atom. The molecule has 29 heavy (non-hydrogen) atoms. The van der Waals surface area contributed by atoms with Crippen molar-refractivity contribution in [2.75, 3.05) is 27.4 Å². The van der Waals surface area contributed by atoms with Crippen LogP contribution in [0.2, 0.25) is 0 Å². The molecule has 2 aromatic rings. The summed E-state index contributed by atoms with van der Waals surface area (Å²) in [4.78, 5) is 0. The van der Waals surface area contributed by atoms with Gasteiger partial charge in [-0.1, -0.05) is 36.4 Å². The summed E-state index contributed by atoms with van der Waals surface area (Å²) in [7, 11) is 3.34. The highest BCUT2D eigenvalue weighted by molar-refractivity contribution is 5.42. The second-order valence-corrected chi connectivity index (χ2v) is 8.53. The molecular weight excluding hydrogens is 362 g/mol. The Labute approximate surface area is 175 Å². The fourth-order valence-electron chi connectivity index (χ4n) is 4.48. The van der Waals surface area contributed by atoms with Crippen LogP contribution in [0.4, 0.5) is 0 Å². The zero-order chi connectivity index (χ0) is 20.7. The zero-order valence-corrected chi connectivity index (χ0v) is 18.2. The molecule has 1 aliphatic heterocycles. The second kappa shape index (κ2) is 10.1. The topological polar surface area (TPSA) is 39.7 Å². The van der Waals surface area contributed by atoms with E-state index < -0.39 is 0 Å². The van der Waals surface area contributed by atoms with Gasteiger partial charge in [-0.05, 0) is 74.8 Å². The molecule has 0 aliphatic carbocycles. The third kappa shape index (κ3) is 5.97. The molecule has 158 valence electrons. The molecule has 0 aromatic heterocycles. The van der Waals surface area contributed by atoms with Crippen molar-refractivity contribution in [1.82, 2.24) is 5.32 Å². The van der Waals surface area contributed by atoms with Gasteiger partial charge in [-0.3, -0.25) is 0 Å². The monoisotopic (exact) mass is 397 g/mol. The molecule has 1 N–H and O–H groups in total. The normalized spacial score (nSPS) is 19.5. The molecule has 4 nitrogen and oxygen atoms in total. The molecular formula is C25H35NO3. The fraction of sp³-hybridized carbons (Fsp3) is 0.520. The molecule has 0 radical (unpaired) electrons. The maximum Gasteiger partial charge on any atom is 0.161 e. The van der Waals surface area contributed by atoms with Crippen LogP contribution in [-0.2, 0) is 11.3 Å². The van der Waals surface area contributed by atoms with Crippen LogP contribution in [0, 0.1) is 5.92 Å². The van der Waals surface area contributed by atoms with E-state index in [-0.39, 0.29) is 5.60 Å². The number of hydrogen-bond donors (Lipinski definition) is 1. The van der Waals surface area contributed by atoms with E-state index in [2.05, 4.69) is 55.6 Å². The van der Waals surface area contributed by atoms with Gasteiger partial charge in [0.2, 0.25) is 0 Å². The molecule has 1 aliphatic rings. The summed E-state index contributed by atoms with van der Waals surface area (Å²) in [6, 6.07) is 17.1. The fourth-order valence-corrected chi connectivity index (χ4v) is 4.48. The highest BCUT2D eigenvalue weighted by Crippen LogP contribution is 2.39. The quantitative estimate of drug-likeness (QED) is 0.593. The standard InChI is InChI=1S/C25H35NO3/c1-25(2)17-21(13-15-29-25)22(20-8-6-5-7-9-20)12-14-26-18-19-10-11-23(27-3)24(16-19)28-4/h5-11,16,21-22,26H,12-15,17-18H2,1-4H3/t21-,22-/m0/s1. The Balaban J connectivity index is 1.60. The third-order valence-corrected chi connectivity index (χ3v) is 5.94. The van der Waals surface area contributed by atoms with Crippen molar-refractivity contribution in [3.8, 4) is 11.5 Å². The molecule has 0 unspecified atom stereocenters. The van der Waals surface area contributed by atoms with E-state index in [9.17, 15) is 0 Å². The predicted molar refractivity (Wildman–Crippen MR) is 118 cm³/mol. The van der Waals surface area contributed by atoms with Crippen LogP contribution in [0.5, 0.6) is 11.5 Å². The Morgan fingerprint density at radius 2 is 1.83 bits per heavy atom. The van der Waals surface area contributed by atoms with Crippen molar-refractivity contribution < 1.29 is 14.2 Å². The number of ether oxygens (including phenoxy) is 3. The maximum absolute atomic E-state index is 5.97. The van der Waals surface area contributed by atoms with Crippen LogP contribution < -0.4 is 14.8 Å². The Kier molecular flexibility index (Phi) is 7.57. The van der Waals surface area contributed by atoms with Gasteiger partial charge in [0.1, 0.15) is 0 Å². The van der Waals surface area contributed by atoms with E-state index in [4.69, 9.17) is 14.2 Å². The molecule has 2 atom stereocenters. The first-order chi connectivity index (χ1) is 14.0. The van der Waals surface area contributed by atoms with E-state index >= 15 is 0 Å². The predicted octanol–water partition coefficient (Wildman–Crippen LogP) is 5.17. The lowest BCUT2D eigenvalue weighted by molar-refractivity contribution is -0.0771. The molecule has 1 heterocycles. The highest BCUT2D eigenvalue weighted by atomic mass is 16.5. The average molecular weight is 398 g/mol. The molecule has 4 heteroatoms. The van der Waals surface area contributed by atoms with Gasteiger partial charge >= 0.3 is 0 Å². The van der Waals surface area contributed by atoms with E-state index in [1.54, 1.807) is 14.2 Å². The van der Waals surface area contributed by atoms with Crippen LogP contribution in [0.15, 0.2) is 48.5 Å². The summed E-state index contributed by atoms with van der Waals surface area (Å²) < 4.78 is 16.7. The van der Waals surface area contributed by atoms with Gasteiger partial charge < -0.3 is 19.5 Å². The molecule has 0 saturated carbocycles. The molecule has 3 rings (SSSR count). The summed E-state index contributed by atoms with van der Waals surface area (Å²) in [5.41, 5.74) is 2.62. The number of benzene rings is 2. The van der Waals surface area contributed by atoms with Crippen LogP contribution in [0.1, 0.15) is 50.2 Å². The second-order valence-electron chi connectivity index (χ2n) is 8.53. The van der Waals surface area contributed by atoms with E-state index in [0.29, 0.717) is 11.8 Å². The van der Waals surface area contributed by atoms with Gasteiger partial charge in [-0.2, -0.15) is 0 Å². The molecule has 1 saturated heterocycles. The van der Waals surface area contributed by atoms with Gasteiger partial charge in [0.05, 0.1) is 19.8 Å². The minimum atomic E-state index is -0.0248. The van der Waals surface area contributed by atoms with Gasteiger partial charge in [-0.25, -0.2) is 0 Å². The first-order valence-corrected chi connectivity index (χ1v) is 10.6. The van der Waals surface area contributed by atoms with Crippen molar-refractivity contribution in [3.63, 3.8) is 0 Å². The largest absolute Gasteiger partial charge is 0.493 e. The van der Waals surface area contributed by atoms with Gasteiger partial charge in [0.15, 0.2) is 11.5 Å². The summed E-state index contributed by atoms with van der Waals surface area (Å²) in [6.45, 7) is 7.10. The van der Waals surface area contributed by atoms with Gasteiger partial charge in [-0.15, -0.1) is 0 Å². The molecule has 1 fully saturated rings. The van der Waals surface area contributed by atoms with E-state index in [1.165, 1.54) is 11.1 Å². The zero-order valence-electron chi connectivity index (χ0n) is 18.2. The first-order valence-electron chi connectivity index (χ1n) is 10.6.